The van der Waals surface area contributed by atoms with Gasteiger partial charge in [-0.2, -0.15) is 0 Å². The van der Waals surface area contributed by atoms with Crippen LogP contribution in [-0.2, 0) is 0 Å². The summed E-state index contributed by atoms with van der Waals surface area (Å²) in [6, 6.07) is 3.70. The van der Waals surface area contributed by atoms with Crippen molar-refractivity contribution >= 4 is 24.8 Å². The van der Waals surface area contributed by atoms with Crippen LogP contribution in [0.5, 0.6) is 11.6 Å². The Labute approximate surface area is 114 Å². The Hall–Kier alpha value is -0.710. The zero-order valence-corrected chi connectivity index (χ0v) is 11.4. The summed E-state index contributed by atoms with van der Waals surface area (Å²) in [5.74, 6) is 1.42. The maximum atomic E-state index is 5.73. The predicted octanol–water partition coefficient (Wildman–Crippen LogP) is 2.06. The topological polar surface area (TPSA) is 43.4 Å². The molecule has 1 aromatic rings. The highest BCUT2D eigenvalue weighted by Gasteiger charge is 2.14. The van der Waals surface area contributed by atoms with Crippen LogP contribution in [-0.4, -0.2) is 31.3 Å². The van der Waals surface area contributed by atoms with Gasteiger partial charge in [0.25, 0.3) is 0 Å². The summed E-state index contributed by atoms with van der Waals surface area (Å²) in [6.07, 6.45) is 4.19. The van der Waals surface area contributed by atoms with Crippen molar-refractivity contribution in [3.8, 4) is 11.6 Å². The minimum Gasteiger partial charge on any atom is -0.495 e. The van der Waals surface area contributed by atoms with Gasteiger partial charge in [-0.25, -0.2) is 4.98 Å². The first kappa shape index (κ1) is 16.3. The van der Waals surface area contributed by atoms with Crippen LogP contribution < -0.4 is 14.8 Å². The number of piperidine rings is 1. The lowest BCUT2D eigenvalue weighted by atomic mass is 10.1. The molecule has 1 fully saturated rings. The molecule has 0 amide bonds. The molecule has 0 spiro atoms. The molecule has 1 saturated heterocycles. The van der Waals surface area contributed by atoms with E-state index in [1.807, 2.05) is 12.1 Å². The molecule has 0 saturated carbocycles. The Morgan fingerprint density at radius 2 is 2.18 bits per heavy atom. The lowest BCUT2D eigenvalue weighted by Gasteiger charge is -2.23. The van der Waals surface area contributed by atoms with Crippen LogP contribution in [0.4, 0.5) is 0 Å². The number of halogens is 2. The van der Waals surface area contributed by atoms with Crippen molar-refractivity contribution in [3.05, 3.63) is 18.3 Å². The molecule has 1 atom stereocenters. The van der Waals surface area contributed by atoms with E-state index in [4.69, 9.17) is 9.47 Å². The van der Waals surface area contributed by atoms with Crippen molar-refractivity contribution in [2.24, 2.45) is 0 Å². The Morgan fingerprint density at radius 1 is 1.35 bits per heavy atom. The van der Waals surface area contributed by atoms with Crippen molar-refractivity contribution < 1.29 is 9.47 Å². The van der Waals surface area contributed by atoms with Crippen molar-refractivity contribution in [1.82, 2.24) is 10.3 Å². The van der Waals surface area contributed by atoms with Crippen molar-refractivity contribution in [1.29, 1.82) is 0 Å². The van der Waals surface area contributed by atoms with Crippen LogP contribution in [0.2, 0.25) is 0 Å². The number of pyridine rings is 1. The second-order valence-corrected chi connectivity index (χ2v) is 3.62. The lowest BCUT2D eigenvalue weighted by Crippen LogP contribution is -2.37. The fourth-order valence-electron chi connectivity index (χ4n) is 1.65. The largest absolute Gasteiger partial charge is 0.495 e. The van der Waals surface area contributed by atoms with Gasteiger partial charge in [-0.05, 0) is 25.5 Å². The minimum absolute atomic E-state index is 0. The number of ether oxygens (including phenoxy) is 2. The SMILES string of the molecule is COc1ccc(OC2CCCNC2)nc1.Cl.Cl. The number of rotatable bonds is 3. The van der Waals surface area contributed by atoms with E-state index < -0.39 is 0 Å². The second kappa shape index (κ2) is 8.39. The Morgan fingerprint density at radius 3 is 2.71 bits per heavy atom. The lowest BCUT2D eigenvalue weighted by molar-refractivity contribution is 0.160. The summed E-state index contributed by atoms with van der Waals surface area (Å²) in [5, 5.41) is 3.30. The third kappa shape index (κ3) is 4.98. The van der Waals surface area contributed by atoms with E-state index >= 15 is 0 Å². The Balaban J connectivity index is 0.00000128. The maximum Gasteiger partial charge on any atom is 0.213 e. The molecule has 0 aliphatic carbocycles. The third-order valence-electron chi connectivity index (χ3n) is 2.48. The number of aromatic nitrogens is 1. The molecule has 1 aromatic heterocycles. The van der Waals surface area contributed by atoms with Crippen molar-refractivity contribution in [2.75, 3.05) is 20.2 Å². The summed E-state index contributed by atoms with van der Waals surface area (Å²) in [6.45, 7) is 2.00. The molecule has 0 radical (unpaired) electrons. The van der Waals surface area contributed by atoms with E-state index in [1.54, 1.807) is 13.3 Å². The first-order chi connectivity index (χ1) is 7.38. The zero-order chi connectivity index (χ0) is 10.5. The van der Waals surface area contributed by atoms with Crippen LogP contribution in [0.15, 0.2) is 18.3 Å². The molecular formula is C11H18Cl2N2O2. The van der Waals surface area contributed by atoms with Crippen molar-refractivity contribution in [2.45, 2.75) is 18.9 Å². The van der Waals surface area contributed by atoms with Gasteiger partial charge in [0.05, 0.1) is 13.3 Å². The highest BCUT2D eigenvalue weighted by molar-refractivity contribution is 5.85. The van der Waals surface area contributed by atoms with Crippen LogP contribution in [0, 0.1) is 0 Å². The highest BCUT2D eigenvalue weighted by atomic mass is 35.5. The first-order valence-electron chi connectivity index (χ1n) is 5.26. The van der Waals surface area contributed by atoms with E-state index in [0.29, 0.717) is 5.88 Å². The number of hydrogen-bond acceptors (Lipinski definition) is 4. The fraction of sp³-hybridized carbons (Fsp3) is 0.545. The van der Waals surface area contributed by atoms with Gasteiger partial charge >= 0.3 is 0 Å². The van der Waals surface area contributed by atoms with E-state index in [1.165, 1.54) is 6.42 Å². The van der Waals surface area contributed by atoms with Gasteiger partial charge in [-0.1, -0.05) is 0 Å². The highest BCUT2D eigenvalue weighted by Crippen LogP contribution is 2.16. The van der Waals surface area contributed by atoms with Gasteiger partial charge in [-0.15, -0.1) is 24.8 Å². The number of hydrogen-bond donors (Lipinski definition) is 1. The molecule has 2 rings (SSSR count). The smallest absolute Gasteiger partial charge is 0.213 e. The van der Waals surface area contributed by atoms with Crippen LogP contribution in [0.25, 0.3) is 0 Å². The van der Waals surface area contributed by atoms with Crippen molar-refractivity contribution in [3.63, 3.8) is 0 Å². The molecule has 1 unspecified atom stereocenters. The van der Waals surface area contributed by atoms with Gasteiger partial charge in [0.15, 0.2) is 0 Å². The number of nitrogens with one attached hydrogen (secondary N) is 1. The van der Waals surface area contributed by atoms with Gasteiger partial charge in [0.1, 0.15) is 11.9 Å². The average molecular weight is 281 g/mol. The molecule has 98 valence electrons. The monoisotopic (exact) mass is 280 g/mol. The molecule has 4 nitrogen and oxygen atoms in total. The molecule has 2 heterocycles. The fourth-order valence-corrected chi connectivity index (χ4v) is 1.65. The predicted molar refractivity (Wildman–Crippen MR) is 71.8 cm³/mol. The Kier molecular flexibility index (Phi) is 8.04. The van der Waals surface area contributed by atoms with Crippen LogP contribution in [0.1, 0.15) is 12.8 Å². The van der Waals surface area contributed by atoms with E-state index in [-0.39, 0.29) is 30.9 Å². The van der Waals surface area contributed by atoms with Crippen LogP contribution in [0.3, 0.4) is 0 Å². The average Bonchev–Trinajstić information content (AvgIpc) is 2.31. The maximum absolute atomic E-state index is 5.73. The molecule has 17 heavy (non-hydrogen) atoms. The van der Waals surface area contributed by atoms with E-state index in [2.05, 4.69) is 10.3 Å². The molecule has 1 N–H and O–H groups in total. The standard InChI is InChI=1S/C11H16N2O2.2ClH/c1-14-9-4-5-11(13-8-9)15-10-3-2-6-12-7-10;;/h4-5,8,10,12H,2-3,6-7H2,1H3;2*1H. The molecule has 1 aliphatic rings. The number of methoxy groups -OCH3 is 1. The summed E-state index contributed by atoms with van der Waals surface area (Å²) in [4.78, 5) is 4.17. The van der Waals surface area contributed by atoms with E-state index in [0.717, 1.165) is 25.3 Å². The normalized spacial score (nSPS) is 18.5. The van der Waals surface area contributed by atoms with Gasteiger partial charge in [0.2, 0.25) is 5.88 Å². The minimum atomic E-state index is 0. The van der Waals surface area contributed by atoms with Gasteiger partial charge < -0.3 is 14.8 Å². The first-order valence-corrected chi connectivity index (χ1v) is 5.26. The molecule has 1 aliphatic heterocycles. The molecule has 6 heteroatoms. The zero-order valence-electron chi connectivity index (χ0n) is 9.72. The Bertz CT molecular complexity index is 303. The third-order valence-corrected chi connectivity index (χ3v) is 2.48. The summed E-state index contributed by atoms with van der Waals surface area (Å²) >= 11 is 0. The number of nitrogens with zero attached hydrogens (tertiary/aromatic N) is 1. The molecular weight excluding hydrogens is 263 g/mol. The molecule has 0 bridgehead atoms. The summed E-state index contributed by atoms with van der Waals surface area (Å²) in [5.41, 5.74) is 0. The second-order valence-electron chi connectivity index (χ2n) is 3.62. The summed E-state index contributed by atoms with van der Waals surface area (Å²) < 4.78 is 10.8. The van der Waals surface area contributed by atoms with E-state index in [9.17, 15) is 0 Å². The quantitative estimate of drug-likeness (QED) is 0.921. The summed E-state index contributed by atoms with van der Waals surface area (Å²) in [7, 11) is 1.63. The van der Waals surface area contributed by atoms with Gasteiger partial charge in [0, 0.05) is 12.6 Å². The van der Waals surface area contributed by atoms with Crippen LogP contribution >= 0.6 is 24.8 Å². The molecule has 0 aromatic carbocycles. The van der Waals surface area contributed by atoms with Gasteiger partial charge in [-0.3, -0.25) is 0 Å².